The molecule has 1 aromatic heterocycles. The van der Waals surface area contributed by atoms with Crippen LogP contribution in [-0.4, -0.2) is 10.1 Å². The molecule has 0 aliphatic carbocycles. The molecule has 0 saturated heterocycles. The van der Waals surface area contributed by atoms with Crippen LogP contribution >= 0.6 is 0 Å². The smallest absolute Gasteiger partial charge is 0.0528 e. The van der Waals surface area contributed by atoms with E-state index in [1.165, 1.54) is 16.6 Å². The van der Waals surface area contributed by atoms with Crippen molar-refractivity contribution in [1.82, 2.24) is 4.57 Å². The van der Waals surface area contributed by atoms with Gasteiger partial charge < -0.3 is 10.3 Å². The van der Waals surface area contributed by atoms with Crippen LogP contribution in [0.15, 0.2) is 54.8 Å². The molecule has 1 aromatic carbocycles. The maximum atomic E-state index is 6.34. The van der Waals surface area contributed by atoms with E-state index in [1.807, 2.05) is 0 Å². The van der Waals surface area contributed by atoms with Crippen LogP contribution in [0.1, 0.15) is 46.5 Å². The van der Waals surface area contributed by atoms with Gasteiger partial charge in [-0.15, -0.1) is 0 Å². The molecular weight excluding hydrogens is 268 g/mol. The van der Waals surface area contributed by atoms with Crippen LogP contribution in [0.2, 0.25) is 0 Å². The van der Waals surface area contributed by atoms with Crippen LogP contribution in [0.3, 0.4) is 0 Å². The van der Waals surface area contributed by atoms with Gasteiger partial charge in [-0.3, -0.25) is 0 Å². The van der Waals surface area contributed by atoms with Gasteiger partial charge in [0, 0.05) is 17.4 Å². The van der Waals surface area contributed by atoms with Crippen molar-refractivity contribution in [3.05, 3.63) is 54.8 Å². The molecule has 2 aromatic rings. The van der Waals surface area contributed by atoms with Crippen LogP contribution in [-0.2, 0) is 0 Å². The second-order valence-electron chi connectivity index (χ2n) is 6.32. The zero-order valence-electron chi connectivity index (χ0n) is 14.0. The molecule has 1 unspecified atom stereocenters. The van der Waals surface area contributed by atoms with E-state index in [1.54, 1.807) is 0 Å². The summed E-state index contributed by atoms with van der Waals surface area (Å²) in [5.41, 5.74) is 8.74. The van der Waals surface area contributed by atoms with E-state index < -0.39 is 0 Å². The van der Waals surface area contributed by atoms with Crippen LogP contribution in [0.25, 0.3) is 16.6 Å². The number of nitrogens with two attached hydrogens (primary N) is 1. The Labute approximate surface area is 134 Å². The molecule has 0 aliphatic heterocycles. The zero-order chi connectivity index (χ0) is 16.0. The highest BCUT2D eigenvalue weighted by molar-refractivity contribution is 5.84. The molecule has 2 rings (SSSR count). The Morgan fingerprint density at radius 1 is 1.23 bits per heavy atom. The number of hydrogen-bond donors (Lipinski definition) is 1. The fourth-order valence-corrected chi connectivity index (χ4v) is 2.97. The number of rotatable bonds is 7. The first-order valence-electron chi connectivity index (χ1n) is 8.25. The summed E-state index contributed by atoms with van der Waals surface area (Å²) in [6.45, 7) is 6.41. The number of allylic oxidation sites excluding steroid dienone is 4. The lowest BCUT2D eigenvalue weighted by atomic mass is 9.92. The number of fused-ring (bicyclic) bond motifs is 1. The fraction of sp³-hybridized carbons (Fsp3) is 0.400. The van der Waals surface area contributed by atoms with Crippen LogP contribution < -0.4 is 5.73 Å². The number of aromatic nitrogens is 1. The van der Waals surface area contributed by atoms with E-state index in [0.717, 1.165) is 25.7 Å². The van der Waals surface area contributed by atoms with E-state index >= 15 is 0 Å². The summed E-state index contributed by atoms with van der Waals surface area (Å²) in [5, 5.41) is 1.27. The van der Waals surface area contributed by atoms with E-state index in [0.29, 0.717) is 0 Å². The Morgan fingerprint density at radius 3 is 2.73 bits per heavy atom. The van der Waals surface area contributed by atoms with Gasteiger partial charge in [0.05, 0.1) is 5.52 Å². The van der Waals surface area contributed by atoms with Crippen molar-refractivity contribution >= 4 is 16.6 Å². The fourth-order valence-electron chi connectivity index (χ4n) is 2.97. The quantitative estimate of drug-likeness (QED) is 0.685. The first-order chi connectivity index (χ1) is 10.6. The molecule has 2 heteroatoms. The van der Waals surface area contributed by atoms with Crippen molar-refractivity contribution in [1.29, 1.82) is 0 Å². The molecule has 2 N–H and O–H groups in total. The van der Waals surface area contributed by atoms with Gasteiger partial charge in [0.2, 0.25) is 0 Å². The Morgan fingerprint density at radius 2 is 2.00 bits per heavy atom. The van der Waals surface area contributed by atoms with Crippen molar-refractivity contribution in [2.45, 2.75) is 52.0 Å². The highest BCUT2D eigenvalue weighted by Gasteiger charge is 2.15. The first-order valence-corrected chi connectivity index (χ1v) is 8.25. The van der Waals surface area contributed by atoms with E-state index in [2.05, 4.69) is 80.1 Å². The van der Waals surface area contributed by atoms with Crippen molar-refractivity contribution < 1.29 is 0 Å². The Kier molecular flexibility index (Phi) is 5.62. The van der Waals surface area contributed by atoms with Crippen molar-refractivity contribution in [2.24, 2.45) is 5.73 Å². The highest BCUT2D eigenvalue weighted by atomic mass is 15.0. The van der Waals surface area contributed by atoms with Gasteiger partial charge in [0.25, 0.3) is 0 Å². The number of benzene rings is 1. The summed E-state index contributed by atoms with van der Waals surface area (Å²) in [6, 6.07) is 10.6. The molecule has 0 bridgehead atoms. The minimum absolute atomic E-state index is 0.0644. The summed E-state index contributed by atoms with van der Waals surface area (Å²) in [7, 11) is 0. The maximum absolute atomic E-state index is 6.34. The van der Waals surface area contributed by atoms with Gasteiger partial charge in [0.15, 0.2) is 0 Å². The third kappa shape index (κ3) is 4.11. The van der Waals surface area contributed by atoms with Gasteiger partial charge >= 0.3 is 0 Å². The summed E-state index contributed by atoms with van der Waals surface area (Å²) < 4.78 is 2.25. The van der Waals surface area contributed by atoms with Gasteiger partial charge in [-0.05, 0) is 56.7 Å². The third-order valence-corrected chi connectivity index (χ3v) is 4.11. The van der Waals surface area contributed by atoms with Gasteiger partial charge in [0.1, 0.15) is 0 Å². The minimum atomic E-state index is -0.0644. The first kappa shape index (κ1) is 16.6. The van der Waals surface area contributed by atoms with Crippen LogP contribution in [0.4, 0.5) is 0 Å². The molecular formula is C20H28N2. The zero-order valence-corrected chi connectivity index (χ0v) is 14.0. The average Bonchev–Trinajstić information content (AvgIpc) is 2.90. The van der Waals surface area contributed by atoms with Crippen molar-refractivity contribution in [3.63, 3.8) is 0 Å². The molecule has 0 fully saturated rings. The third-order valence-electron chi connectivity index (χ3n) is 4.11. The normalized spacial score (nSPS) is 15.5. The van der Waals surface area contributed by atoms with Gasteiger partial charge in [-0.25, -0.2) is 0 Å². The monoisotopic (exact) mass is 296 g/mol. The molecule has 0 spiro atoms. The van der Waals surface area contributed by atoms with Crippen LogP contribution in [0.5, 0.6) is 0 Å². The Hall–Kier alpha value is -1.80. The molecule has 0 saturated carbocycles. The molecule has 1 heterocycles. The largest absolute Gasteiger partial charge is 0.325 e. The topological polar surface area (TPSA) is 30.9 Å². The molecule has 1 atom stereocenters. The molecule has 22 heavy (non-hydrogen) atoms. The predicted octanol–water partition coefficient (Wildman–Crippen LogP) is 5.36. The summed E-state index contributed by atoms with van der Waals surface area (Å²) in [6.07, 6.45) is 12.9. The molecule has 0 amide bonds. The standard InChI is InChI=1S/C20H28N2/c1-4-9-18(11-8-15-20(3,21)14-5-2)22-16-13-17-10-6-7-12-19(17)22/h4,6-7,9-13,16H,5,8,14-15,21H2,1-3H3/b9-4-,18-11+. The lowest BCUT2D eigenvalue weighted by Crippen LogP contribution is -2.35. The van der Waals surface area contributed by atoms with E-state index in [4.69, 9.17) is 5.73 Å². The second kappa shape index (κ2) is 7.46. The van der Waals surface area contributed by atoms with Crippen molar-refractivity contribution in [2.75, 3.05) is 0 Å². The van der Waals surface area contributed by atoms with E-state index in [9.17, 15) is 0 Å². The number of para-hydroxylation sites is 1. The number of hydrogen-bond acceptors (Lipinski definition) is 1. The Balaban J connectivity index is 2.21. The lowest BCUT2D eigenvalue weighted by Gasteiger charge is -2.23. The van der Waals surface area contributed by atoms with Crippen LogP contribution in [0, 0.1) is 0 Å². The molecule has 0 radical (unpaired) electrons. The predicted molar refractivity (Wildman–Crippen MR) is 97.8 cm³/mol. The average molecular weight is 296 g/mol. The highest BCUT2D eigenvalue weighted by Crippen LogP contribution is 2.22. The van der Waals surface area contributed by atoms with Crippen molar-refractivity contribution in [3.8, 4) is 0 Å². The SMILES string of the molecule is C/C=C\C(=C/CCC(C)(N)CCC)n1ccc2ccccc21. The number of nitrogens with zero attached hydrogens (tertiary/aromatic N) is 1. The minimum Gasteiger partial charge on any atom is -0.325 e. The summed E-state index contributed by atoms with van der Waals surface area (Å²) in [5.74, 6) is 0. The molecule has 0 aliphatic rings. The van der Waals surface area contributed by atoms with Gasteiger partial charge in [-0.2, -0.15) is 0 Å². The van der Waals surface area contributed by atoms with E-state index in [-0.39, 0.29) is 5.54 Å². The summed E-state index contributed by atoms with van der Waals surface area (Å²) >= 11 is 0. The Bertz CT molecular complexity index is 659. The second-order valence-corrected chi connectivity index (χ2v) is 6.32. The summed E-state index contributed by atoms with van der Waals surface area (Å²) in [4.78, 5) is 0. The van der Waals surface area contributed by atoms with Gasteiger partial charge in [-0.1, -0.05) is 43.7 Å². The lowest BCUT2D eigenvalue weighted by molar-refractivity contribution is 0.400. The molecule has 118 valence electrons. The maximum Gasteiger partial charge on any atom is 0.0528 e. The molecule has 2 nitrogen and oxygen atoms in total.